The number of carbonyl (C=O) groups is 1. The van der Waals surface area contributed by atoms with Crippen molar-refractivity contribution in [2.24, 2.45) is 0 Å². The molecule has 0 saturated heterocycles. The number of nitrogens with one attached hydrogen (secondary N) is 3. The second kappa shape index (κ2) is 8.94. The van der Waals surface area contributed by atoms with Crippen molar-refractivity contribution in [3.8, 4) is 10.7 Å². The number of H-pyrrole nitrogens is 2. The molecule has 0 aliphatic carbocycles. The van der Waals surface area contributed by atoms with E-state index in [-0.39, 0.29) is 18.4 Å². The van der Waals surface area contributed by atoms with E-state index >= 15 is 0 Å². The van der Waals surface area contributed by atoms with E-state index in [0.717, 1.165) is 26.9 Å². The van der Waals surface area contributed by atoms with Gasteiger partial charge in [0.1, 0.15) is 6.54 Å². The van der Waals surface area contributed by atoms with Gasteiger partial charge in [0.15, 0.2) is 10.6 Å². The van der Waals surface area contributed by atoms with Crippen LogP contribution in [-0.4, -0.2) is 32.2 Å². The molecule has 0 aliphatic rings. The average molecular weight is 460 g/mol. The van der Waals surface area contributed by atoms with Gasteiger partial charge in [-0.1, -0.05) is 54.6 Å². The van der Waals surface area contributed by atoms with Gasteiger partial charge in [-0.05, 0) is 40.9 Å². The van der Waals surface area contributed by atoms with Gasteiger partial charge in [0.05, 0.1) is 4.88 Å². The Bertz CT molecular complexity index is 1400. The summed E-state index contributed by atoms with van der Waals surface area (Å²) < 4.78 is 2.17. The molecule has 5 aromatic rings. The van der Waals surface area contributed by atoms with Crippen LogP contribution >= 0.6 is 23.6 Å². The molecule has 160 valence electrons. The highest BCUT2D eigenvalue weighted by atomic mass is 32.1. The highest BCUT2D eigenvalue weighted by molar-refractivity contribution is 7.71. The van der Waals surface area contributed by atoms with Crippen LogP contribution < -0.4 is 5.32 Å². The average Bonchev–Trinajstić information content (AvgIpc) is 3.56. The molecule has 6 nitrogen and oxygen atoms in total. The van der Waals surface area contributed by atoms with Gasteiger partial charge in [-0.2, -0.15) is 5.10 Å². The second-order valence-electron chi connectivity index (χ2n) is 7.47. The van der Waals surface area contributed by atoms with Crippen molar-refractivity contribution in [1.82, 2.24) is 25.1 Å². The van der Waals surface area contributed by atoms with E-state index in [2.05, 4.69) is 44.8 Å². The molecule has 2 aromatic carbocycles. The highest BCUT2D eigenvalue weighted by Crippen LogP contribution is 2.30. The maximum absolute atomic E-state index is 12.9. The molecule has 0 aliphatic heterocycles. The number of nitrogens with zero attached hydrogens (tertiary/aromatic N) is 2. The monoisotopic (exact) mass is 459 g/mol. The number of amides is 1. The molecule has 1 unspecified atom stereocenters. The highest BCUT2D eigenvalue weighted by Gasteiger charge is 2.20. The molecule has 0 bridgehead atoms. The van der Waals surface area contributed by atoms with E-state index in [9.17, 15) is 4.79 Å². The van der Waals surface area contributed by atoms with Crippen molar-refractivity contribution >= 4 is 40.4 Å². The number of carbonyl (C=O) groups excluding carboxylic acids is 1. The fourth-order valence-corrected chi connectivity index (χ4v) is 4.87. The minimum absolute atomic E-state index is 0.0189. The second-order valence-corrected chi connectivity index (χ2v) is 8.81. The van der Waals surface area contributed by atoms with Crippen molar-refractivity contribution in [3.05, 3.63) is 94.2 Å². The summed E-state index contributed by atoms with van der Waals surface area (Å²) in [5.74, 6) is 0.586. The summed E-state index contributed by atoms with van der Waals surface area (Å²) in [6, 6.07) is 22.4. The van der Waals surface area contributed by atoms with Gasteiger partial charge in [0, 0.05) is 29.6 Å². The maximum atomic E-state index is 12.9. The number of hydrogen-bond donors (Lipinski definition) is 3. The lowest BCUT2D eigenvalue weighted by Gasteiger charge is -2.18. The van der Waals surface area contributed by atoms with E-state index < -0.39 is 0 Å². The standard InChI is InChI=1S/C24H21N5OS2/c30-22(15-29-23(27-28-24(29)31)21-11-6-12-32-21)26-13-18(16-7-2-1-3-8-16)19-14-25-20-10-5-4-9-17(19)20/h1-12,14,18,25H,13,15H2,(H,26,30)(H,28,31). The van der Waals surface area contributed by atoms with Crippen LogP contribution in [0.3, 0.4) is 0 Å². The third-order valence-electron chi connectivity index (χ3n) is 5.50. The predicted octanol–water partition coefficient (Wildman–Crippen LogP) is 5.10. The Balaban J connectivity index is 1.38. The van der Waals surface area contributed by atoms with Crippen LogP contribution in [-0.2, 0) is 11.3 Å². The molecule has 0 fully saturated rings. The van der Waals surface area contributed by atoms with E-state index in [1.807, 2.05) is 54.0 Å². The van der Waals surface area contributed by atoms with Crippen molar-refractivity contribution in [3.63, 3.8) is 0 Å². The van der Waals surface area contributed by atoms with Gasteiger partial charge < -0.3 is 10.3 Å². The summed E-state index contributed by atoms with van der Waals surface area (Å²) in [4.78, 5) is 17.2. The number of fused-ring (bicyclic) bond motifs is 1. The zero-order valence-electron chi connectivity index (χ0n) is 17.1. The minimum atomic E-state index is -0.110. The minimum Gasteiger partial charge on any atom is -0.361 e. The van der Waals surface area contributed by atoms with Crippen LogP contribution in [0.5, 0.6) is 0 Å². The van der Waals surface area contributed by atoms with Gasteiger partial charge in [-0.3, -0.25) is 14.5 Å². The molecule has 5 rings (SSSR count). The van der Waals surface area contributed by atoms with E-state index in [0.29, 0.717) is 17.1 Å². The van der Waals surface area contributed by atoms with Crippen LogP contribution in [0.1, 0.15) is 17.0 Å². The molecule has 8 heteroatoms. The first-order valence-electron chi connectivity index (χ1n) is 10.3. The number of thiophene rings is 1. The molecule has 0 spiro atoms. The summed E-state index contributed by atoms with van der Waals surface area (Å²) in [6.07, 6.45) is 2.04. The smallest absolute Gasteiger partial charge is 0.240 e. The number of benzene rings is 2. The SMILES string of the molecule is O=C(Cn1c(-c2cccs2)n[nH]c1=S)NCC(c1ccccc1)c1c[nH]c2ccccc12. The molecule has 0 radical (unpaired) electrons. The molecular formula is C24H21N5OS2. The lowest BCUT2D eigenvalue weighted by atomic mass is 9.91. The van der Waals surface area contributed by atoms with Crippen LogP contribution in [0.4, 0.5) is 0 Å². The summed E-state index contributed by atoms with van der Waals surface area (Å²) in [6.45, 7) is 0.585. The topological polar surface area (TPSA) is 78.5 Å². The molecule has 3 aromatic heterocycles. The van der Waals surface area contributed by atoms with Crippen molar-refractivity contribution in [2.45, 2.75) is 12.5 Å². The number of para-hydroxylation sites is 1. The largest absolute Gasteiger partial charge is 0.361 e. The van der Waals surface area contributed by atoms with Crippen molar-refractivity contribution < 1.29 is 4.79 Å². The van der Waals surface area contributed by atoms with E-state index in [1.54, 1.807) is 15.9 Å². The summed E-state index contributed by atoms with van der Waals surface area (Å²) >= 11 is 6.92. The number of aromatic amines is 2. The van der Waals surface area contributed by atoms with E-state index in [1.165, 1.54) is 0 Å². The Labute approximate surface area is 193 Å². The number of hydrogen-bond acceptors (Lipinski definition) is 4. The van der Waals surface area contributed by atoms with Gasteiger partial charge in [-0.15, -0.1) is 11.3 Å². The van der Waals surface area contributed by atoms with Gasteiger partial charge in [0.25, 0.3) is 0 Å². The summed E-state index contributed by atoms with van der Waals surface area (Å²) in [5.41, 5.74) is 3.39. The molecule has 3 heterocycles. The lowest BCUT2D eigenvalue weighted by molar-refractivity contribution is -0.121. The Morgan fingerprint density at radius 2 is 1.91 bits per heavy atom. The number of aromatic nitrogens is 4. The van der Waals surface area contributed by atoms with Gasteiger partial charge >= 0.3 is 0 Å². The van der Waals surface area contributed by atoms with Gasteiger partial charge in [0.2, 0.25) is 5.91 Å². The van der Waals surface area contributed by atoms with Crippen LogP contribution in [0.2, 0.25) is 0 Å². The molecule has 3 N–H and O–H groups in total. The Morgan fingerprint density at radius 3 is 2.72 bits per heavy atom. The molecular weight excluding hydrogens is 438 g/mol. The fraction of sp³-hybridized carbons (Fsp3) is 0.125. The summed E-state index contributed by atoms with van der Waals surface area (Å²) in [5, 5.41) is 13.4. The zero-order valence-corrected chi connectivity index (χ0v) is 18.7. The maximum Gasteiger partial charge on any atom is 0.240 e. The quantitative estimate of drug-likeness (QED) is 0.296. The predicted molar refractivity (Wildman–Crippen MR) is 130 cm³/mol. The first kappa shape index (κ1) is 20.4. The van der Waals surface area contributed by atoms with Gasteiger partial charge in [-0.25, -0.2) is 0 Å². The van der Waals surface area contributed by atoms with E-state index in [4.69, 9.17) is 12.2 Å². The summed E-state index contributed by atoms with van der Waals surface area (Å²) in [7, 11) is 0. The Hall–Kier alpha value is -3.49. The number of rotatable bonds is 7. The van der Waals surface area contributed by atoms with Crippen LogP contribution in [0, 0.1) is 4.77 Å². The normalized spacial score (nSPS) is 12.1. The third kappa shape index (κ3) is 4.02. The Morgan fingerprint density at radius 1 is 1.09 bits per heavy atom. The van der Waals surface area contributed by atoms with Crippen molar-refractivity contribution in [2.75, 3.05) is 6.54 Å². The molecule has 1 amide bonds. The first-order valence-corrected chi connectivity index (χ1v) is 11.6. The Kier molecular flexibility index (Phi) is 5.70. The fourth-order valence-electron chi connectivity index (χ4n) is 3.95. The first-order chi connectivity index (χ1) is 15.7. The molecule has 0 saturated carbocycles. The van der Waals surface area contributed by atoms with Crippen LogP contribution in [0.25, 0.3) is 21.6 Å². The lowest BCUT2D eigenvalue weighted by Crippen LogP contribution is -2.32. The zero-order chi connectivity index (χ0) is 21.9. The van der Waals surface area contributed by atoms with Crippen molar-refractivity contribution in [1.29, 1.82) is 0 Å². The third-order valence-corrected chi connectivity index (χ3v) is 6.68. The molecule has 32 heavy (non-hydrogen) atoms. The molecule has 1 atom stereocenters. The van der Waals surface area contributed by atoms with Crippen LogP contribution in [0.15, 0.2) is 78.3 Å².